The first-order chi connectivity index (χ1) is 13.1. The SMILES string of the molecule is O=C(NN=Cc1cc(N=Nc2cccc(Br)c2)ccc1O)c1ccncc1. The van der Waals surface area contributed by atoms with Gasteiger partial charge in [-0.3, -0.25) is 9.78 Å². The molecule has 0 spiro atoms. The highest BCUT2D eigenvalue weighted by Gasteiger charge is 2.04. The van der Waals surface area contributed by atoms with Gasteiger partial charge in [-0.05, 0) is 48.5 Å². The largest absolute Gasteiger partial charge is 0.507 e. The van der Waals surface area contributed by atoms with Crippen LogP contribution in [0.3, 0.4) is 0 Å². The Kier molecular flexibility index (Phi) is 6.01. The highest BCUT2D eigenvalue weighted by molar-refractivity contribution is 9.10. The second-order valence-corrected chi connectivity index (χ2v) is 6.27. The van der Waals surface area contributed by atoms with Crippen LogP contribution in [0.25, 0.3) is 0 Å². The molecule has 0 fully saturated rings. The number of phenols is 1. The zero-order valence-electron chi connectivity index (χ0n) is 14.0. The Balaban J connectivity index is 1.70. The molecule has 0 saturated heterocycles. The maximum Gasteiger partial charge on any atom is 0.271 e. The molecular weight excluding hydrogens is 410 g/mol. The normalized spacial score (nSPS) is 11.1. The molecule has 2 N–H and O–H groups in total. The Morgan fingerprint density at radius 3 is 2.52 bits per heavy atom. The van der Waals surface area contributed by atoms with E-state index in [2.05, 4.69) is 41.7 Å². The molecule has 8 heteroatoms. The van der Waals surface area contributed by atoms with Gasteiger partial charge >= 0.3 is 0 Å². The summed E-state index contributed by atoms with van der Waals surface area (Å²) >= 11 is 3.38. The smallest absolute Gasteiger partial charge is 0.271 e. The lowest BCUT2D eigenvalue weighted by molar-refractivity contribution is 0.0955. The summed E-state index contributed by atoms with van der Waals surface area (Å²) in [5, 5.41) is 22.1. The van der Waals surface area contributed by atoms with E-state index in [-0.39, 0.29) is 11.7 Å². The molecule has 3 rings (SSSR count). The minimum Gasteiger partial charge on any atom is -0.507 e. The lowest BCUT2D eigenvalue weighted by Crippen LogP contribution is -2.17. The molecule has 0 saturated carbocycles. The summed E-state index contributed by atoms with van der Waals surface area (Å²) in [6, 6.07) is 15.3. The van der Waals surface area contributed by atoms with Gasteiger partial charge in [-0.15, -0.1) is 0 Å². The predicted octanol–water partition coefficient (Wildman–Crippen LogP) is 4.73. The average molecular weight is 424 g/mol. The molecular formula is C19H14BrN5O2. The fourth-order valence-electron chi connectivity index (χ4n) is 2.09. The second-order valence-electron chi connectivity index (χ2n) is 5.36. The number of carbonyl (C=O) groups excluding carboxylic acids is 1. The van der Waals surface area contributed by atoms with E-state index >= 15 is 0 Å². The van der Waals surface area contributed by atoms with Crippen LogP contribution in [0.15, 0.2) is 86.8 Å². The van der Waals surface area contributed by atoms with Crippen molar-refractivity contribution in [2.75, 3.05) is 0 Å². The van der Waals surface area contributed by atoms with Crippen molar-refractivity contribution in [3.63, 3.8) is 0 Å². The minimum absolute atomic E-state index is 0.0123. The van der Waals surface area contributed by atoms with Crippen molar-refractivity contribution in [2.24, 2.45) is 15.3 Å². The molecule has 1 amide bonds. The summed E-state index contributed by atoms with van der Waals surface area (Å²) in [4.78, 5) is 15.8. The molecule has 2 aromatic carbocycles. The summed E-state index contributed by atoms with van der Waals surface area (Å²) < 4.78 is 0.905. The summed E-state index contributed by atoms with van der Waals surface area (Å²) in [5.74, 6) is -0.364. The number of azo groups is 1. The number of hydrazone groups is 1. The molecule has 27 heavy (non-hydrogen) atoms. The van der Waals surface area contributed by atoms with Crippen LogP contribution in [0.2, 0.25) is 0 Å². The van der Waals surface area contributed by atoms with E-state index in [4.69, 9.17) is 0 Å². The number of amides is 1. The van der Waals surface area contributed by atoms with E-state index in [1.165, 1.54) is 24.7 Å². The highest BCUT2D eigenvalue weighted by atomic mass is 79.9. The third-order valence-corrected chi connectivity index (χ3v) is 3.91. The average Bonchev–Trinajstić information content (AvgIpc) is 2.69. The summed E-state index contributed by atoms with van der Waals surface area (Å²) in [6.07, 6.45) is 4.38. The van der Waals surface area contributed by atoms with Crippen molar-refractivity contribution in [3.05, 3.63) is 82.6 Å². The zero-order chi connectivity index (χ0) is 19.1. The van der Waals surface area contributed by atoms with Crippen molar-refractivity contribution < 1.29 is 9.90 Å². The van der Waals surface area contributed by atoms with Crippen LogP contribution in [0.5, 0.6) is 5.75 Å². The Hall–Kier alpha value is -3.39. The Morgan fingerprint density at radius 2 is 1.78 bits per heavy atom. The van der Waals surface area contributed by atoms with E-state index in [1.54, 1.807) is 24.3 Å². The van der Waals surface area contributed by atoms with Crippen molar-refractivity contribution in [1.29, 1.82) is 0 Å². The van der Waals surface area contributed by atoms with E-state index in [0.29, 0.717) is 22.5 Å². The Morgan fingerprint density at radius 1 is 1.04 bits per heavy atom. The quantitative estimate of drug-likeness (QED) is 0.352. The van der Waals surface area contributed by atoms with E-state index < -0.39 is 0 Å². The number of halogens is 1. The van der Waals surface area contributed by atoms with Crippen LogP contribution in [0.1, 0.15) is 15.9 Å². The molecule has 0 unspecified atom stereocenters. The number of aromatic hydroxyl groups is 1. The first kappa shape index (κ1) is 18.4. The van der Waals surface area contributed by atoms with Gasteiger partial charge in [0, 0.05) is 28.0 Å². The molecule has 7 nitrogen and oxygen atoms in total. The minimum atomic E-state index is -0.376. The van der Waals surface area contributed by atoms with Crippen molar-refractivity contribution in [2.45, 2.75) is 0 Å². The zero-order valence-corrected chi connectivity index (χ0v) is 15.5. The first-order valence-corrected chi connectivity index (χ1v) is 8.65. The van der Waals surface area contributed by atoms with Crippen molar-refractivity contribution in [1.82, 2.24) is 10.4 Å². The van der Waals surface area contributed by atoms with Gasteiger partial charge in [0.05, 0.1) is 17.6 Å². The lowest BCUT2D eigenvalue weighted by Gasteiger charge is -2.01. The second kappa shape index (κ2) is 8.81. The molecule has 0 bridgehead atoms. The van der Waals surface area contributed by atoms with E-state index in [9.17, 15) is 9.90 Å². The number of aromatic nitrogens is 1. The number of nitrogens with one attached hydrogen (secondary N) is 1. The van der Waals surface area contributed by atoms with E-state index in [1.807, 2.05) is 24.3 Å². The molecule has 1 aromatic heterocycles. The standard InChI is InChI=1S/C19H14BrN5O2/c20-15-2-1-3-16(11-15)23-24-17-4-5-18(26)14(10-17)12-22-25-19(27)13-6-8-21-9-7-13/h1-12,26H,(H,25,27). The van der Waals surface area contributed by atoms with Crippen LogP contribution in [-0.4, -0.2) is 22.2 Å². The van der Waals surface area contributed by atoms with Gasteiger partial charge < -0.3 is 5.11 Å². The highest BCUT2D eigenvalue weighted by Crippen LogP contribution is 2.25. The molecule has 134 valence electrons. The van der Waals surface area contributed by atoms with Crippen molar-refractivity contribution in [3.8, 4) is 5.75 Å². The van der Waals surface area contributed by atoms with E-state index in [0.717, 1.165) is 4.47 Å². The summed E-state index contributed by atoms with van der Waals surface area (Å²) in [5.41, 5.74) is 4.45. The van der Waals surface area contributed by atoms with Gasteiger partial charge in [-0.1, -0.05) is 22.0 Å². The number of pyridine rings is 1. The monoisotopic (exact) mass is 423 g/mol. The van der Waals surface area contributed by atoms with Crippen LogP contribution in [0.4, 0.5) is 11.4 Å². The maximum absolute atomic E-state index is 11.9. The van der Waals surface area contributed by atoms with Crippen LogP contribution in [0, 0.1) is 0 Å². The summed E-state index contributed by atoms with van der Waals surface area (Å²) in [6.45, 7) is 0. The molecule has 0 aliphatic carbocycles. The Labute approximate surface area is 163 Å². The number of nitrogens with zero attached hydrogens (tertiary/aromatic N) is 4. The molecule has 0 radical (unpaired) electrons. The fourth-order valence-corrected chi connectivity index (χ4v) is 2.48. The maximum atomic E-state index is 11.9. The third-order valence-electron chi connectivity index (χ3n) is 3.41. The van der Waals surface area contributed by atoms with Gasteiger partial charge in [-0.2, -0.15) is 15.3 Å². The molecule has 3 aromatic rings. The topological polar surface area (TPSA) is 99.3 Å². The molecule has 0 aliphatic heterocycles. The fraction of sp³-hybridized carbons (Fsp3) is 0. The van der Waals surface area contributed by atoms with Gasteiger partial charge in [-0.25, -0.2) is 5.43 Å². The number of hydrogen-bond donors (Lipinski definition) is 2. The van der Waals surface area contributed by atoms with Gasteiger partial charge in [0.25, 0.3) is 5.91 Å². The number of benzene rings is 2. The first-order valence-electron chi connectivity index (χ1n) is 7.85. The Bertz CT molecular complexity index is 1010. The van der Waals surface area contributed by atoms with Gasteiger partial charge in [0.1, 0.15) is 5.75 Å². The van der Waals surface area contributed by atoms with Crippen molar-refractivity contribution >= 4 is 39.4 Å². The number of carbonyl (C=O) groups is 1. The predicted molar refractivity (Wildman–Crippen MR) is 106 cm³/mol. The van der Waals surface area contributed by atoms with Crippen LogP contribution >= 0.6 is 15.9 Å². The van der Waals surface area contributed by atoms with Crippen LogP contribution in [-0.2, 0) is 0 Å². The number of phenolic OH excluding ortho intramolecular Hbond substituents is 1. The molecule has 0 atom stereocenters. The number of rotatable bonds is 5. The number of hydrogen-bond acceptors (Lipinski definition) is 6. The molecule has 0 aliphatic rings. The lowest BCUT2D eigenvalue weighted by atomic mass is 10.2. The van der Waals surface area contributed by atoms with Crippen LogP contribution < -0.4 is 5.43 Å². The van der Waals surface area contributed by atoms with Gasteiger partial charge in [0.15, 0.2) is 0 Å². The third kappa shape index (κ3) is 5.29. The molecule has 1 heterocycles. The van der Waals surface area contributed by atoms with Gasteiger partial charge in [0.2, 0.25) is 0 Å². The summed E-state index contributed by atoms with van der Waals surface area (Å²) in [7, 11) is 0.